The van der Waals surface area contributed by atoms with E-state index in [-0.39, 0.29) is 30.0 Å². The summed E-state index contributed by atoms with van der Waals surface area (Å²) < 4.78 is 5.45. The van der Waals surface area contributed by atoms with Crippen molar-refractivity contribution >= 4 is 23.2 Å². The Morgan fingerprint density at radius 2 is 2.00 bits per heavy atom. The van der Waals surface area contributed by atoms with Crippen molar-refractivity contribution in [2.24, 2.45) is 0 Å². The molecule has 9 heteroatoms. The van der Waals surface area contributed by atoms with Crippen LogP contribution in [0.15, 0.2) is 60.0 Å². The number of aliphatic hydroxyl groups is 1. The molecular formula is C30H36N4O4S. The number of amides is 2. The number of aromatic nitrogens is 1. The molecule has 1 unspecified atom stereocenters. The summed E-state index contributed by atoms with van der Waals surface area (Å²) in [4.78, 5) is 33.5. The van der Waals surface area contributed by atoms with E-state index in [2.05, 4.69) is 15.6 Å². The molecule has 3 heterocycles. The topological polar surface area (TPSA) is 104 Å². The lowest BCUT2D eigenvalue weighted by atomic mass is 9.94. The van der Waals surface area contributed by atoms with E-state index in [9.17, 15) is 14.7 Å². The van der Waals surface area contributed by atoms with Crippen LogP contribution in [0.1, 0.15) is 62.3 Å². The first-order chi connectivity index (χ1) is 18.9. The van der Waals surface area contributed by atoms with E-state index in [0.29, 0.717) is 37.1 Å². The molecule has 2 saturated heterocycles. The van der Waals surface area contributed by atoms with Crippen molar-refractivity contribution in [1.29, 1.82) is 0 Å². The van der Waals surface area contributed by atoms with Crippen LogP contribution in [0.3, 0.4) is 0 Å². The predicted molar refractivity (Wildman–Crippen MR) is 151 cm³/mol. The first-order valence-electron chi connectivity index (χ1n) is 13.5. The van der Waals surface area contributed by atoms with E-state index in [4.69, 9.17) is 4.74 Å². The number of aliphatic hydroxyl groups excluding tert-OH is 1. The first kappa shape index (κ1) is 27.5. The number of hydrogen-bond acceptors (Lipinski definition) is 7. The largest absolute Gasteiger partial charge is 0.389 e. The maximum Gasteiger partial charge on any atom is 0.254 e. The number of methoxy groups -OCH3 is 1. The van der Waals surface area contributed by atoms with E-state index in [1.807, 2.05) is 47.5 Å². The Labute approximate surface area is 233 Å². The van der Waals surface area contributed by atoms with Crippen LogP contribution in [-0.2, 0) is 11.2 Å². The molecule has 5 atom stereocenters. The number of nitrogens with one attached hydrogen (secondary N) is 2. The normalized spacial score (nSPS) is 22.5. The monoisotopic (exact) mass is 548 g/mol. The highest BCUT2D eigenvalue weighted by molar-refractivity contribution is 7.09. The van der Waals surface area contributed by atoms with E-state index in [1.165, 1.54) is 0 Å². The summed E-state index contributed by atoms with van der Waals surface area (Å²) in [5.74, 6) is -0.416. The number of rotatable bonds is 9. The number of likely N-dealkylation sites (tertiary alicyclic amines) is 1. The SMILES string of the molecule is CO[C@H]1CN[C@@H]([C@H](O)C(Cc2ccccc2)NC(=O)c2cccc(C(=O)N3CCC[C@@H]3c3nc(C)cs3)c2)C1. The fourth-order valence-electron chi connectivity index (χ4n) is 5.58. The minimum atomic E-state index is -0.814. The van der Waals surface area contributed by atoms with Crippen LogP contribution in [0.2, 0.25) is 0 Å². The number of nitrogens with zero attached hydrogens (tertiary/aromatic N) is 2. The molecule has 3 N–H and O–H groups in total. The number of carbonyl (C=O) groups excluding carboxylic acids is 2. The summed E-state index contributed by atoms with van der Waals surface area (Å²) in [6, 6.07) is 15.9. The van der Waals surface area contributed by atoms with Crippen molar-refractivity contribution in [3.05, 3.63) is 87.4 Å². The van der Waals surface area contributed by atoms with Gasteiger partial charge in [0, 0.05) is 48.4 Å². The Hall–Kier alpha value is -3.11. The minimum absolute atomic E-state index is 0.0307. The molecule has 2 aromatic carbocycles. The second-order valence-corrected chi connectivity index (χ2v) is 11.3. The number of benzene rings is 2. The summed E-state index contributed by atoms with van der Waals surface area (Å²) in [7, 11) is 1.67. The molecule has 0 saturated carbocycles. The standard InChI is InChI=1S/C30H36N4O4S/c1-19-18-39-29(32-19)26-12-7-13-34(26)30(37)22-11-6-10-21(15-22)28(36)33-25(14-20-8-4-3-5-9-20)27(35)24-16-23(38-2)17-31-24/h3-6,8-11,15,18,23-27,31,35H,7,12-14,16-17H2,1-2H3,(H,33,36)/t23-,24-,25?,26-,27+/m1/s1. The van der Waals surface area contributed by atoms with Gasteiger partial charge in [-0.3, -0.25) is 9.59 Å². The van der Waals surface area contributed by atoms with Crippen LogP contribution in [0.25, 0.3) is 0 Å². The summed E-state index contributed by atoms with van der Waals surface area (Å²) in [5, 5.41) is 20.7. The second-order valence-electron chi connectivity index (χ2n) is 10.4. The second kappa shape index (κ2) is 12.4. The van der Waals surface area contributed by atoms with Crippen LogP contribution in [0.5, 0.6) is 0 Å². The molecule has 206 valence electrons. The van der Waals surface area contributed by atoms with E-state index in [0.717, 1.165) is 29.1 Å². The quantitative estimate of drug-likeness (QED) is 0.378. The Balaban J connectivity index is 1.32. The molecule has 2 fully saturated rings. The molecule has 2 amide bonds. The Morgan fingerprint density at radius 1 is 1.21 bits per heavy atom. The Morgan fingerprint density at radius 3 is 2.72 bits per heavy atom. The molecule has 1 aromatic heterocycles. The third-order valence-electron chi connectivity index (χ3n) is 7.70. The van der Waals surface area contributed by atoms with Gasteiger partial charge in [-0.1, -0.05) is 36.4 Å². The van der Waals surface area contributed by atoms with Gasteiger partial charge < -0.3 is 25.4 Å². The van der Waals surface area contributed by atoms with Gasteiger partial charge in [0.25, 0.3) is 11.8 Å². The number of ether oxygens (including phenoxy) is 1. The zero-order chi connectivity index (χ0) is 27.4. The number of thiazole rings is 1. The molecule has 0 radical (unpaired) electrons. The lowest BCUT2D eigenvalue weighted by molar-refractivity contribution is 0.0677. The zero-order valence-corrected chi connectivity index (χ0v) is 23.2. The highest BCUT2D eigenvalue weighted by atomic mass is 32.1. The van der Waals surface area contributed by atoms with Gasteiger partial charge in [-0.15, -0.1) is 11.3 Å². The Bertz CT molecular complexity index is 1280. The molecule has 2 aliphatic heterocycles. The molecule has 3 aromatic rings. The highest BCUT2D eigenvalue weighted by Crippen LogP contribution is 2.34. The lowest BCUT2D eigenvalue weighted by Gasteiger charge is -2.29. The third-order valence-corrected chi connectivity index (χ3v) is 8.77. The maximum absolute atomic E-state index is 13.5. The van der Waals surface area contributed by atoms with Gasteiger partial charge in [-0.2, -0.15) is 0 Å². The van der Waals surface area contributed by atoms with Crippen LogP contribution in [0, 0.1) is 6.92 Å². The van der Waals surface area contributed by atoms with Gasteiger partial charge in [0.2, 0.25) is 0 Å². The van der Waals surface area contributed by atoms with Crippen LogP contribution < -0.4 is 10.6 Å². The van der Waals surface area contributed by atoms with E-state index in [1.54, 1.807) is 42.7 Å². The van der Waals surface area contributed by atoms with Crippen molar-refractivity contribution in [3.63, 3.8) is 0 Å². The minimum Gasteiger partial charge on any atom is -0.389 e. The average molecular weight is 549 g/mol. The van der Waals surface area contributed by atoms with Crippen LogP contribution in [0.4, 0.5) is 0 Å². The maximum atomic E-state index is 13.5. The molecule has 8 nitrogen and oxygen atoms in total. The molecule has 0 bridgehead atoms. The summed E-state index contributed by atoms with van der Waals surface area (Å²) in [6.45, 7) is 3.29. The summed E-state index contributed by atoms with van der Waals surface area (Å²) in [6.07, 6.45) is 2.17. The lowest BCUT2D eigenvalue weighted by Crippen LogP contribution is -2.52. The van der Waals surface area contributed by atoms with Gasteiger partial charge in [0.05, 0.1) is 24.3 Å². The number of hydrogen-bond donors (Lipinski definition) is 3. The molecule has 0 spiro atoms. The van der Waals surface area contributed by atoms with Gasteiger partial charge >= 0.3 is 0 Å². The van der Waals surface area contributed by atoms with Crippen LogP contribution in [-0.4, -0.2) is 71.3 Å². The highest BCUT2D eigenvalue weighted by Gasteiger charge is 2.36. The summed E-state index contributed by atoms with van der Waals surface area (Å²) in [5.41, 5.74) is 2.85. The number of aryl methyl sites for hydroxylation is 1. The third kappa shape index (κ3) is 6.38. The average Bonchev–Trinajstić information content (AvgIpc) is 3.73. The van der Waals surface area contributed by atoms with Crippen molar-refractivity contribution in [3.8, 4) is 0 Å². The fraction of sp³-hybridized carbons (Fsp3) is 0.433. The molecule has 39 heavy (non-hydrogen) atoms. The summed E-state index contributed by atoms with van der Waals surface area (Å²) >= 11 is 1.59. The van der Waals surface area contributed by atoms with Gasteiger partial charge in [0.15, 0.2) is 0 Å². The molecule has 0 aliphatic carbocycles. The zero-order valence-electron chi connectivity index (χ0n) is 22.4. The first-order valence-corrected chi connectivity index (χ1v) is 14.4. The van der Waals surface area contributed by atoms with E-state index < -0.39 is 12.1 Å². The van der Waals surface area contributed by atoms with Crippen molar-refractivity contribution in [2.75, 3.05) is 20.2 Å². The Kier molecular flexibility index (Phi) is 8.72. The van der Waals surface area contributed by atoms with Gasteiger partial charge in [-0.05, 0) is 56.4 Å². The van der Waals surface area contributed by atoms with Gasteiger partial charge in [0.1, 0.15) is 5.01 Å². The van der Waals surface area contributed by atoms with E-state index >= 15 is 0 Å². The molecular weight excluding hydrogens is 512 g/mol. The smallest absolute Gasteiger partial charge is 0.254 e. The molecule has 2 aliphatic rings. The molecule has 5 rings (SSSR count). The van der Waals surface area contributed by atoms with Crippen molar-refractivity contribution < 1.29 is 19.4 Å². The van der Waals surface area contributed by atoms with Crippen molar-refractivity contribution in [2.45, 2.75) is 62.9 Å². The number of carbonyl (C=O) groups is 2. The van der Waals surface area contributed by atoms with Gasteiger partial charge in [-0.25, -0.2) is 4.98 Å². The predicted octanol–water partition coefficient (Wildman–Crippen LogP) is 3.51. The fourth-order valence-corrected chi connectivity index (χ4v) is 6.52. The van der Waals surface area contributed by atoms with Crippen LogP contribution >= 0.6 is 11.3 Å². The van der Waals surface area contributed by atoms with Crippen molar-refractivity contribution in [1.82, 2.24) is 20.5 Å².